The summed E-state index contributed by atoms with van der Waals surface area (Å²) in [5.41, 5.74) is 2.57. The van der Waals surface area contributed by atoms with Gasteiger partial charge in [0.05, 0.1) is 18.6 Å². The third-order valence-electron chi connectivity index (χ3n) is 4.72. The van der Waals surface area contributed by atoms with E-state index < -0.39 is 0 Å². The van der Waals surface area contributed by atoms with Crippen LogP contribution in [0, 0.1) is 0 Å². The van der Waals surface area contributed by atoms with E-state index in [0.717, 1.165) is 5.56 Å². The maximum atomic E-state index is 12.9. The van der Waals surface area contributed by atoms with Gasteiger partial charge in [0.1, 0.15) is 12.1 Å². The van der Waals surface area contributed by atoms with Crippen LogP contribution >= 0.6 is 11.8 Å². The first-order chi connectivity index (χ1) is 15.2. The number of hydrogen-bond donors (Lipinski definition) is 2. The summed E-state index contributed by atoms with van der Waals surface area (Å²) in [5.74, 6) is 0.269. The molecule has 3 aromatic rings. The molecule has 2 amide bonds. The molecule has 32 heavy (non-hydrogen) atoms. The summed E-state index contributed by atoms with van der Waals surface area (Å²) in [6.45, 7) is 6.32. The van der Waals surface area contributed by atoms with Gasteiger partial charge >= 0.3 is 0 Å². The van der Waals surface area contributed by atoms with Gasteiger partial charge < -0.3 is 19.9 Å². The number of aryl methyl sites for hydroxylation is 1. The van der Waals surface area contributed by atoms with Crippen LogP contribution in [-0.2, 0) is 17.3 Å². The minimum Gasteiger partial charge on any atom is -0.495 e. The zero-order chi connectivity index (χ0) is 23.3. The average molecular weight is 454 g/mol. The fourth-order valence-electron chi connectivity index (χ4n) is 2.94. The minimum atomic E-state index is -0.293. The summed E-state index contributed by atoms with van der Waals surface area (Å²) < 4.78 is 7.15. The zero-order valence-corrected chi connectivity index (χ0v) is 19.6. The number of thioether (sulfide) groups is 1. The molecule has 0 saturated carbocycles. The summed E-state index contributed by atoms with van der Waals surface area (Å²) in [5, 5.41) is 14.1. The van der Waals surface area contributed by atoms with Crippen molar-refractivity contribution in [2.24, 2.45) is 7.05 Å². The predicted molar refractivity (Wildman–Crippen MR) is 126 cm³/mol. The van der Waals surface area contributed by atoms with Gasteiger partial charge in [-0.3, -0.25) is 9.59 Å². The van der Waals surface area contributed by atoms with E-state index >= 15 is 0 Å². The molecule has 0 fully saturated rings. The average Bonchev–Trinajstić information content (AvgIpc) is 3.16. The lowest BCUT2D eigenvalue weighted by molar-refractivity contribution is -0.113. The molecule has 0 aliphatic heterocycles. The van der Waals surface area contributed by atoms with Crippen molar-refractivity contribution >= 4 is 35.0 Å². The van der Waals surface area contributed by atoms with Crippen LogP contribution in [0.2, 0.25) is 0 Å². The molecule has 0 spiro atoms. The standard InChI is InChI=1S/C23H27N5O3S/c1-23(2,3)16-9-10-19(31-5)18(12-16)26-21(30)15-7-6-8-17(11-15)25-20(29)13-32-22-27-24-14-28(22)4/h6-12,14H,13H2,1-5H3,(H,25,29)(H,26,30). The summed E-state index contributed by atoms with van der Waals surface area (Å²) in [6, 6.07) is 12.6. The molecule has 0 saturated heterocycles. The first-order valence-corrected chi connectivity index (χ1v) is 11.0. The van der Waals surface area contributed by atoms with Crippen molar-refractivity contribution in [3.05, 3.63) is 59.9 Å². The topological polar surface area (TPSA) is 98.1 Å². The number of nitrogens with one attached hydrogen (secondary N) is 2. The van der Waals surface area contributed by atoms with Crippen LogP contribution in [0.1, 0.15) is 36.7 Å². The molecule has 0 atom stereocenters. The van der Waals surface area contributed by atoms with Crippen molar-refractivity contribution in [2.45, 2.75) is 31.3 Å². The molecule has 9 heteroatoms. The Morgan fingerprint density at radius 1 is 1.12 bits per heavy atom. The van der Waals surface area contributed by atoms with Gasteiger partial charge in [0.25, 0.3) is 5.91 Å². The first-order valence-electron chi connectivity index (χ1n) is 10.0. The van der Waals surface area contributed by atoms with E-state index in [1.807, 2.05) is 25.2 Å². The number of carbonyl (C=O) groups is 2. The number of aromatic nitrogens is 3. The number of amides is 2. The van der Waals surface area contributed by atoms with Crippen molar-refractivity contribution in [1.29, 1.82) is 0 Å². The number of hydrogen-bond acceptors (Lipinski definition) is 6. The van der Waals surface area contributed by atoms with Gasteiger partial charge in [-0.05, 0) is 41.3 Å². The molecule has 8 nitrogen and oxygen atoms in total. The van der Waals surface area contributed by atoms with Crippen LogP contribution in [0.4, 0.5) is 11.4 Å². The maximum Gasteiger partial charge on any atom is 0.255 e. The molecule has 0 bridgehead atoms. The van der Waals surface area contributed by atoms with Crippen LogP contribution in [0.15, 0.2) is 53.9 Å². The van der Waals surface area contributed by atoms with Crippen molar-refractivity contribution in [3.8, 4) is 5.75 Å². The second kappa shape index (κ2) is 9.86. The monoisotopic (exact) mass is 453 g/mol. The third-order valence-corrected chi connectivity index (χ3v) is 5.76. The number of anilines is 2. The number of methoxy groups -OCH3 is 1. The Labute approximate surface area is 191 Å². The number of ether oxygens (including phenoxy) is 1. The second-order valence-corrected chi connectivity index (χ2v) is 9.20. The Morgan fingerprint density at radius 3 is 2.56 bits per heavy atom. The van der Waals surface area contributed by atoms with Crippen LogP contribution in [0.25, 0.3) is 0 Å². The van der Waals surface area contributed by atoms with Gasteiger partial charge in [-0.1, -0.05) is 44.7 Å². The van der Waals surface area contributed by atoms with E-state index in [-0.39, 0.29) is 23.0 Å². The van der Waals surface area contributed by atoms with Crippen LogP contribution in [0.5, 0.6) is 5.75 Å². The van der Waals surface area contributed by atoms with E-state index in [2.05, 4.69) is 41.6 Å². The molecule has 2 aromatic carbocycles. The highest BCUT2D eigenvalue weighted by molar-refractivity contribution is 7.99. The van der Waals surface area contributed by atoms with E-state index in [1.54, 1.807) is 42.3 Å². The summed E-state index contributed by atoms with van der Waals surface area (Å²) in [7, 11) is 3.38. The number of rotatable bonds is 7. The van der Waals surface area contributed by atoms with E-state index in [0.29, 0.717) is 27.8 Å². The zero-order valence-electron chi connectivity index (χ0n) is 18.8. The fraction of sp³-hybridized carbons (Fsp3) is 0.304. The Hall–Kier alpha value is -3.33. The van der Waals surface area contributed by atoms with Gasteiger partial charge in [-0.25, -0.2) is 0 Å². The molecule has 0 unspecified atom stereocenters. The van der Waals surface area contributed by atoms with E-state index in [1.165, 1.54) is 11.8 Å². The molecular formula is C23H27N5O3S. The quantitative estimate of drug-likeness (QED) is 0.523. The van der Waals surface area contributed by atoms with Crippen molar-refractivity contribution in [2.75, 3.05) is 23.5 Å². The molecule has 0 radical (unpaired) electrons. The molecule has 168 valence electrons. The second-order valence-electron chi connectivity index (χ2n) is 8.26. The minimum absolute atomic E-state index is 0.0705. The summed E-state index contributed by atoms with van der Waals surface area (Å²) in [4.78, 5) is 25.2. The maximum absolute atomic E-state index is 12.9. The van der Waals surface area contributed by atoms with Gasteiger partial charge in [-0.2, -0.15) is 0 Å². The van der Waals surface area contributed by atoms with Gasteiger partial charge in [0.15, 0.2) is 5.16 Å². The van der Waals surface area contributed by atoms with Gasteiger partial charge in [-0.15, -0.1) is 10.2 Å². The number of carbonyl (C=O) groups excluding carboxylic acids is 2. The largest absolute Gasteiger partial charge is 0.495 e. The molecular weight excluding hydrogens is 426 g/mol. The normalized spacial score (nSPS) is 11.2. The molecule has 2 N–H and O–H groups in total. The van der Waals surface area contributed by atoms with Gasteiger partial charge in [0, 0.05) is 18.3 Å². The molecule has 0 aliphatic carbocycles. The fourth-order valence-corrected chi connectivity index (χ4v) is 3.62. The van der Waals surface area contributed by atoms with Crippen LogP contribution < -0.4 is 15.4 Å². The van der Waals surface area contributed by atoms with Crippen molar-refractivity contribution in [3.63, 3.8) is 0 Å². The van der Waals surface area contributed by atoms with E-state index in [9.17, 15) is 9.59 Å². The SMILES string of the molecule is COc1ccc(C(C)(C)C)cc1NC(=O)c1cccc(NC(=O)CSc2nncn2C)c1. The lowest BCUT2D eigenvalue weighted by Crippen LogP contribution is -2.17. The molecule has 1 aromatic heterocycles. The Kier molecular flexibility index (Phi) is 7.19. The Bertz CT molecular complexity index is 1120. The van der Waals surface area contributed by atoms with Gasteiger partial charge in [0.2, 0.25) is 5.91 Å². The lowest BCUT2D eigenvalue weighted by atomic mass is 9.87. The highest BCUT2D eigenvalue weighted by atomic mass is 32.2. The molecule has 0 aliphatic rings. The summed E-state index contributed by atoms with van der Waals surface area (Å²) in [6.07, 6.45) is 1.58. The highest BCUT2D eigenvalue weighted by Crippen LogP contribution is 2.31. The van der Waals surface area contributed by atoms with Crippen LogP contribution in [-0.4, -0.2) is 39.4 Å². The predicted octanol–water partition coefficient (Wildman–Crippen LogP) is 4.10. The lowest BCUT2D eigenvalue weighted by Gasteiger charge is -2.21. The number of benzene rings is 2. The summed E-state index contributed by atoms with van der Waals surface area (Å²) >= 11 is 1.28. The third kappa shape index (κ3) is 5.88. The highest BCUT2D eigenvalue weighted by Gasteiger charge is 2.18. The Balaban J connectivity index is 1.69. The van der Waals surface area contributed by atoms with Crippen LogP contribution in [0.3, 0.4) is 0 Å². The Morgan fingerprint density at radius 2 is 1.91 bits per heavy atom. The molecule has 3 rings (SSSR count). The van der Waals surface area contributed by atoms with E-state index in [4.69, 9.17) is 4.74 Å². The first kappa shape index (κ1) is 23.3. The molecule has 1 heterocycles. The van der Waals surface area contributed by atoms with Crippen molar-refractivity contribution in [1.82, 2.24) is 14.8 Å². The number of nitrogens with zero attached hydrogens (tertiary/aromatic N) is 3. The smallest absolute Gasteiger partial charge is 0.255 e. The van der Waals surface area contributed by atoms with Crippen molar-refractivity contribution < 1.29 is 14.3 Å².